The third-order valence-corrected chi connectivity index (χ3v) is 3.60. The molecule has 0 unspecified atom stereocenters. The monoisotopic (exact) mass is 271 g/mol. The molecule has 1 amide bonds. The van der Waals surface area contributed by atoms with E-state index in [0.717, 1.165) is 42.9 Å². The Morgan fingerprint density at radius 3 is 3.05 bits per heavy atom. The summed E-state index contributed by atoms with van der Waals surface area (Å²) in [7, 11) is 0. The summed E-state index contributed by atoms with van der Waals surface area (Å²) in [6, 6.07) is 2.14. The van der Waals surface area contributed by atoms with Gasteiger partial charge in [-0.25, -0.2) is 9.97 Å². The van der Waals surface area contributed by atoms with Gasteiger partial charge in [0.15, 0.2) is 5.65 Å². The van der Waals surface area contributed by atoms with Crippen molar-refractivity contribution in [2.45, 2.75) is 18.9 Å². The van der Waals surface area contributed by atoms with Crippen LogP contribution in [-0.2, 0) is 4.79 Å². The van der Waals surface area contributed by atoms with Crippen LogP contribution < -0.4 is 10.2 Å². The fraction of sp³-hybridized carbons (Fsp3) is 0.357. The molecule has 6 heteroatoms. The van der Waals surface area contributed by atoms with Crippen molar-refractivity contribution in [3.8, 4) is 0 Å². The van der Waals surface area contributed by atoms with Crippen LogP contribution in [0.1, 0.15) is 12.8 Å². The number of fused-ring (bicyclic) bond motifs is 1. The summed E-state index contributed by atoms with van der Waals surface area (Å²) in [4.78, 5) is 25.5. The maximum atomic E-state index is 11.3. The molecule has 104 valence electrons. The summed E-state index contributed by atoms with van der Waals surface area (Å²) in [6.07, 6.45) is 6.77. The van der Waals surface area contributed by atoms with E-state index in [1.807, 2.05) is 12.3 Å². The van der Waals surface area contributed by atoms with E-state index in [1.165, 1.54) is 6.08 Å². The summed E-state index contributed by atoms with van der Waals surface area (Å²) in [5, 5.41) is 2.94. The van der Waals surface area contributed by atoms with Crippen LogP contribution in [0.4, 0.5) is 5.82 Å². The van der Waals surface area contributed by atoms with Crippen molar-refractivity contribution in [2.75, 3.05) is 18.0 Å². The molecule has 0 saturated carbocycles. The van der Waals surface area contributed by atoms with Gasteiger partial charge in [-0.15, -0.1) is 0 Å². The Kier molecular flexibility index (Phi) is 3.37. The first-order valence-electron chi connectivity index (χ1n) is 6.74. The molecule has 3 rings (SSSR count). The van der Waals surface area contributed by atoms with Gasteiger partial charge < -0.3 is 15.2 Å². The number of carbonyl (C=O) groups is 1. The lowest BCUT2D eigenvalue weighted by Gasteiger charge is -2.32. The fourth-order valence-corrected chi connectivity index (χ4v) is 2.49. The van der Waals surface area contributed by atoms with E-state index < -0.39 is 0 Å². The smallest absolute Gasteiger partial charge is 0.243 e. The number of H-pyrrole nitrogens is 1. The van der Waals surface area contributed by atoms with Gasteiger partial charge in [-0.1, -0.05) is 6.58 Å². The van der Waals surface area contributed by atoms with Gasteiger partial charge in [-0.05, 0) is 25.0 Å². The number of aromatic nitrogens is 3. The molecular weight excluding hydrogens is 254 g/mol. The molecular formula is C14H17N5O. The number of nitrogens with zero attached hydrogens (tertiary/aromatic N) is 3. The first-order valence-corrected chi connectivity index (χ1v) is 6.74. The maximum Gasteiger partial charge on any atom is 0.243 e. The zero-order valence-corrected chi connectivity index (χ0v) is 11.2. The Morgan fingerprint density at radius 2 is 2.30 bits per heavy atom. The number of amides is 1. The number of aromatic amines is 1. The predicted molar refractivity (Wildman–Crippen MR) is 77.5 cm³/mol. The zero-order chi connectivity index (χ0) is 13.9. The lowest BCUT2D eigenvalue weighted by atomic mass is 10.1. The second-order valence-electron chi connectivity index (χ2n) is 4.91. The van der Waals surface area contributed by atoms with Crippen LogP contribution in [0.25, 0.3) is 11.2 Å². The molecule has 0 aliphatic carbocycles. The van der Waals surface area contributed by atoms with Gasteiger partial charge in [0.2, 0.25) is 5.91 Å². The molecule has 2 aromatic rings. The van der Waals surface area contributed by atoms with E-state index >= 15 is 0 Å². The van der Waals surface area contributed by atoms with Crippen molar-refractivity contribution < 1.29 is 4.79 Å². The lowest BCUT2D eigenvalue weighted by molar-refractivity contribution is -0.117. The van der Waals surface area contributed by atoms with E-state index in [4.69, 9.17) is 0 Å². The molecule has 1 saturated heterocycles. The molecule has 0 spiro atoms. The predicted octanol–water partition coefficient (Wildman–Crippen LogP) is 1.23. The van der Waals surface area contributed by atoms with Crippen LogP contribution in [0.15, 0.2) is 31.1 Å². The van der Waals surface area contributed by atoms with Crippen molar-refractivity contribution in [1.29, 1.82) is 0 Å². The van der Waals surface area contributed by atoms with Crippen molar-refractivity contribution in [1.82, 2.24) is 20.3 Å². The summed E-state index contributed by atoms with van der Waals surface area (Å²) >= 11 is 0. The highest BCUT2D eigenvalue weighted by Crippen LogP contribution is 2.19. The highest BCUT2D eigenvalue weighted by atomic mass is 16.1. The Morgan fingerprint density at radius 1 is 1.50 bits per heavy atom. The number of rotatable bonds is 3. The molecule has 1 aliphatic rings. The van der Waals surface area contributed by atoms with E-state index in [9.17, 15) is 4.79 Å². The van der Waals surface area contributed by atoms with Gasteiger partial charge >= 0.3 is 0 Å². The standard InChI is InChI=1S/C14H17N5O/c1-2-13(20)17-10-4-7-19(8-5-10)12-9-16-14-11(18-12)3-6-15-14/h2-3,6,9-10H,1,4-5,7-8H2,(H,15,16)(H,17,20). The van der Waals surface area contributed by atoms with Crippen molar-refractivity contribution in [3.63, 3.8) is 0 Å². The molecule has 0 bridgehead atoms. The number of hydrogen-bond donors (Lipinski definition) is 2. The molecule has 20 heavy (non-hydrogen) atoms. The average Bonchev–Trinajstić information content (AvgIpc) is 2.95. The molecule has 2 N–H and O–H groups in total. The van der Waals surface area contributed by atoms with E-state index in [1.54, 1.807) is 6.20 Å². The van der Waals surface area contributed by atoms with E-state index in [0.29, 0.717) is 0 Å². The highest BCUT2D eigenvalue weighted by molar-refractivity contribution is 5.87. The first-order chi connectivity index (χ1) is 9.76. The van der Waals surface area contributed by atoms with Crippen LogP contribution in [0.3, 0.4) is 0 Å². The van der Waals surface area contributed by atoms with Crippen LogP contribution >= 0.6 is 0 Å². The minimum Gasteiger partial charge on any atom is -0.355 e. The summed E-state index contributed by atoms with van der Waals surface area (Å²) in [6.45, 7) is 5.20. The number of nitrogens with one attached hydrogen (secondary N) is 2. The fourth-order valence-electron chi connectivity index (χ4n) is 2.49. The van der Waals surface area contributed by atoms with Crippen molar-refractivity contribution in [2.24, 2.45) is 0 Å². The molecule has 1 fully saturated rings. The Balaban J connectivity index is 1.65. The molecule has 2 aromatic heterocycles. The van der Waals surface area contributed by atoms with Gasteiger partial charge in [0.1, 0.15) is 11.3 Å². The maximum absolute atomic E-state index is 11.3. The van der Waals surface area contributed by atoms with Crippen LogP contribution in [0.5, 0.6) is 0 Å². The van der Waals surface area contributed by atoms with Crippen LogP contribution in [-0.4, -0.2) is 40.0 Å². The normalized spacial score (nSPS) is 16.3. The molecule has 1 aliphatic heterocycles. The first kappa shape index (κ1) is 12.7. The highest BCUT2D eigenvalue weighted by Gasteiger charge is 2.21. The second-order valence-corrected chi connectivity index (χ2v) is 4.91. The van der Waals surface area contributed by atoms with Gasteiger partial charge in [0.05, 0.1) is 6.20 Å². The lowest BCUT2D eigenvalue weighted by Crippen LogP contribution is -2.44. The molecule has 0 aromatic carbocycles. The largest absolute Gasteiger partial charge is 0.355 e. The van der Waals surface area contributed by atoms with Gasteiger partial charge in [0, 0.05) is 25.3 Å². The van der Waals surface area contributed by atoms with Gasteiger partial charge in [0.25, 0.3) is 0 Å². The van der Waals surface area contributed by atoms with Gasteiger partial charge in [-0.2, -0.15) is 0 Å². The number of hydrogen-bond acceptors (Lipinski definition) is 4. The minimum absolute atomic E-state index is 0.100. The third kappa shape index (κ3) is 2.49. The average molecular weight is 271 g/mol. The van der Waals surface area contributed by atoms with E-state index in [2.05, 4.69) is 31.7 Å². The number of carbonyl (C=O) groups excluding carboxylic acids is 1. The molecule has 0 atom stereocenters. The third-order valence-electron chi connectivity index (χ3n) is 3.60. The Bertz CT molecular complexity index is 627. The Labute approximate surface area is 116 Å². The molecule has 0 radical (unpaired) electrons. The zero-order valence-electron chi connectivity index (χ0n) is 11.2. The molecule has 3 heterocycles. The van der Waals surface area contributed by atoms with Crippen LogP contribution in [0.2, 0.25) is 0 Å². The quantitative estimate of drug-likeness (QED) is 0.823. The van der Waals surface area contributed by atoms with Crippen molar-refractivity contribution >= 4 is 22.9 Å². The minimum atomic E-state index is -0.100. The van der Waals surface area contributed by atoms with Crippen molar-refractivity contribution in [3.05, 3.63) is 31.1 Å². The Hall–Kier alpha value is -2.37. The summed E-state index contributed by atoms with van der Waals surface area (Å²) in [5.41, 5.74) is 1.69. The van der Waals surface area contributed by atoms with Crippen LogP contribution in [0, 0.1) is 0 Å². The number of anilines is 1. The summed E-state index contributed by atoms with van der Waals surface area (Å²) in [5.74, 6) is 0.794. The summed E-state index contributed by atoms with van der Waals surface area (Å²) < 4.78 is 0. The SMILES string of the molecule is C=CC(=O)NC1CCN(c2cnc3[nH]ccc3n2)CC1. The van der Waals surface area contributed by atoms with E-state index in [-0.39, 0.29) is 11.9 Å². The number of piperidine rings is 1. The van der Waals surface area contributed by atoms with Gasteiger partial charge in [-0.3, -0.25) is 4.79 Å². The second kappa shape index (κ2) is 5.32. The topological polar surface area (TPSA) is 73.9 Å². The molecule has 6 nitrogen and oxygen atoms in total.